The Hall–Kier alpha value is -1.46. The summed E-state index contributed by atoms with van der Waals surface area (Å²) >= 11 is 12.0. The van der Waals surface area contributed by atoms with Crippen LogP contribution in [0.2, 0.25) is 10.0 Å². The Morgan fingerprint density at radius 2 is 1.61 bits per heavy atom. The Bertz CT molecular complexity index is 606. The highest BCUT2D eigenvalue weighted by Crippen LogP contribution is 2.26. The van der Waals surface area contributed by atoms with Gasteiger partial charge in [0.05, 0.1) is 15.6 Å². The molecule has 1 aliphatic rings. The van der Waals surface area contributed by atoms with Gasteiger partial charge in [-0.3, -0.25) is 4.79 Å². The zero-order valence-corrected chi connectivity index (χ0v) is 14.9. The smallest absolute Gasteiger partial charge is 0.410 e. The Kier molecular flexibility index (Phi) is 5.42. The van der Waals surface area contributed by atoms with Crippen molar-refractivity contribution in [3.63, 3.8) is 0 Å². The summed E-state index contributed by atoms with van der Waals surface area (Å²) in [6.07, 6.45) is -0.356. The van der Waals surface area contributed by atoms with Gasteiger partial charge in [0.1, 0.15) is 5.60 Å². The molecule has 1 heterocycles. The summed E-state index contributed by atoms with van der Waals surface area (Å²) in [5, 5.41) is 0.610. The molecule has 1 aliphatic heterocycles. The van der Waals surface area contributed by atoms with Crippen molar-refractivity contribution >= 4 is 35.2 Å². The molecule has 2 rings (SSSR count). The molecule has 0 unspecified atom stereocenters. The minimum Gasteiger partial charge on any atom is -0.444 e. The molecule has 0 bridgehead atoms. The van der Waals surface area contributed by atoms with Crippen LogP contribution in [0.3, 0.4) is 0 Å². The van der Waals surface area contributed by atoms with Crippen molar-refractivity contribution in [2.45, 2.75) is 26.4 Å². The van der Waals surface area contributed by atoms with E-state index in [1.807, 2.05) is 20.8 Å². The molecule has 0 aliphatic carbocycles. The van der Waals surface area contributed by atoms with Crippen molar-refractivity contribution < 1.29 is 14.3 Å². The third-order valence-corrected chi connectivity index (χ3v) is 4.22. The summed E-state index contributed by atoms with van der Waals surface area (Å²) in [4.78, 5) is 27.8. The number of halogens is 2. The number of carbonyl (C=O) groups is 2. The molecule has 0 spiro atoms. The molecule has 0 radical (unpaired) electrons. The third kappa shape index (κ3) is 4.52. The van der Waals surface area contributed by atoms with Crippen LogP contribution < -0.4 is 0 Å². The Morgan fingerprint density at radius 3 is 2.17 bits per heavy atom. The zero-order chi connectivity index (χ0) is 17.2. The lowest BCUT2D eigenvalue weighted by Gasteiger charge is -2.35. The average molecular weight is 359 g/mol. The van der Waals surface area contributed by atoms with Gasteiger partial charge in [0, 0.05) is 26.2 Å². The number of hydrogen-bond donors (Lipinski definition) is 0. The molecule has 126 valence electrons. The van der Waals surface area contributed by atoms with Crippen molar-refractivity contribution in [3.8, 4) is 0 Å². The van der Waals surface area contributed by atoms with E-state index >= 15 is 0 Å². The first-order valence-corrected chi connectivity index (χ1v) is 8.16. The Labute approximate surface area is 146 Å². The van der Waals surface area contributed by atoms with Crippen LogP contribution in [-0.4, -0.2) is 53.6 Å². The highest BCUT2D eigenvalue weighted by molar-refractivity contribution is 6.43. The van der Waals surface area contributed by atoms with E-state index in [4.69, 9.17) is 27.9 Å². The van der Waals surface area contributed by atoms with Gasteiger partial charge >= 0.3 is 6.09 Å². The fourth-order valence-electron chi connectivity index (χ4n) is 2.26. The minimum absolute atomic E-state index is 0.179. The fraction of sp³-hybridized carbons (Fsp3) is 0.500. The zero-order valence-electron chi connectivity index (χ0n) is 13.4. The molecule has 0 N–H and O–H groups in total. The maximum absolute atomic E-state index is 12.5. The topological polar surface area (TPSA) is 49.9 Å². The molecule has 0 atom stereocenters. The van der Waals surface area contributed by atoms with Crippen molar-refractivity contribution in [2.24, 2.45) is 0 Å². The van der Waals surface area contributed by atoms with Gasteiger partial charge in [-0.15, -0.1) is 0 Å². The van der Waals surface area contributed by atoms with Gasteiger partial charge < -0.3 is 14.5 Å². The van der Waals surface area contributed by atoms with Gasteiger partial charge in [-0.25, -0.2) is 4.79 Å². The molecule has 2 amide bonds. The SMILES string of the molecule is CC(C)(C)OC(=O)N1CCN(C(=O)c2cccc(Cl)c2Cl)CC1. The highest BCUT2D eigenvalue weighted by atomic mass is 35.5. The van der Waals surface area contributed by atoms with E-state index in [1.54, 1.807) is 28.0 Å². The van der Waals surface area contributed by atoms with E-state index < -0.39 is 5.60 Å². The maximum Gasteiger partial charge on any atom is 0.410 e. The van der Waals surface area contributed by atoms with E-state index in [-0.39, 0.29) is 17.0 Å². The van der Waals surface area contributed by atoms with Gasteiger partial charge in [-0.2, -0.15) is 0 Å². The first-order chi connectivity index (χ1) is 10.7. The second-order valence-corrected chi connectivity index (χ2v) is 7.15. The predicted molar refractivity (Wildman–Crippen MR) is 90.2 cm³/mol. The summed E-state index contributed by atoms with van der Waals surface area (Å²) < 4.78 is 5.34. The lowest BCUT2D eigenvalue weighted by molar-refractivity contribution is 0.0141. The van der Waals surface area contributed by atoms with Crippen molar-refractivity contribution in [3.05, 3.63) is 33.8 Å². The van der Waals surface area contributed by atoms with Crippen molar-refractivity contribution in [1.82, 2.24) is 9.80 Å². The molecule has 1 saturated heterocycles. The molecular weight excluding hydrogens is 339 g/mol. The molecule has 1 aromatic carbocycles. The van der Waals surface area contributed by atoms with Crippen LogP contribution in [0.1, 0.15) is 31.1 Å². The summed E-state index contributed by atoms with van der Waals surface area (Å²) in [6, 6.07) is 4.98. The molecule has 5 nitrogen and oxygen atoms in total. The molecule has 23 heavy (non-hydrogen) atoms. The number of hydrogen-bond acceptors (Lipinski definition) is 3. The van der Waals surface area contributed by atoms with E-state index in [1.165, 1.54) is 0 Å². The first-order valence-electron chi connectivity index (χ1n) is 7.40. The first kappa shape index (κ1) is 17.9. The molecule has 1 fully saturated rings. The average Bonchev–Trinajstić information content (AvgIpc) is 2.48. The minimum atomic E-state index is -0.529. The quantitative estimate of drug-likeness (QED) is 0.769. The largest absolute Gasteiger partial charge is 0.444 e. The van der Waals surface area contributed by atoms with Gasteiger partial charge in [0.25, 0.3) is 5.91 Å². The Balaban J connectivity index is 1.98. The number of nitrogens with zero attached hydrogens (tertiary/aromatic N) is 2. The van der Waals surface area contributed by atoms with Crippen LogP contribution in [0.15, 0.2) is 18.2 Å². The van der Waals surface area contributed by atoms with Crippen LogP contribution in [0, 0.1) is 0 Å². The number of ether oxygens (including phenoxy) is 1. The van der Waals surface area contributed by atoms with Crippen molar-refractivity contribution in [1.29, 1.82) is 0 Å². The van der Waals surface area contributed by atoms with Gasteiger partial charge in [-0.1, -0.05) is 29.3 Å². The Morgan fingerprint density at radius 1 is 1.04 bits per heavy atom. The lowest BCUT2D eigenvalue weighted by Crippen LogP contribution is -2.51. The normalized spacial score (nSPS) is 15.5. The van der Waals surface area contributed by atoms with E-state index in [0.29, 0.717) is 36.8 Å². The number of amides is 2. The van der Waals surface area contributed by atoms with Crippen LogP contribution >= 0.6 is 23.2 Å². The summed E-state index contributed by atoms with van der Waals surface area (Å²) in [5.74, 6) is -0.179. The summed E-state index contributed by atoms with van der Waals surface area (Å²) in [5.41, 5.74) is -0.150. The summed E-state index contributed by atoms with van der Waals surface area (Å²) in [7, 11) is 0. The predicted octanol–water partition coefficient (Wildman–Crippen LogP) is 3.69. The van der Waals surface area contributed by atoms with Crippen LogP contribution in [0.4, 0.5) is 4.79 Å². The monoisotopic (exact) mass is 358 g/mol. The van der Waals surface area contributed by atoms with Crippen LogP contribution in [0.5, 0.6) is 0 Å². The third-order valence-electron chi connectivity index (χ3n) is 3.40. The van der Waals surface area contributed by atoms with E-state index in [9.17, 15) is 9.59 Å². The molecule has 0 aromatic heterocycles. The van der Waals surface area contributed by atoms with Crippen LogP contribution in [-0.2, 0) is 4.74 Å². The second-order valence-electron chi connectivity index (χ2n) is 6.36. The number of piperazine rings is 1. The van der Waals surface area contributed by atoms with Crippen LogP contribution in [0.25, 0.3) is 0 Å². The van der Waals surface area contributed by atoms with Gasteiger partial charge in [-0.05, 0) is 32.9 Å². The van der Waals surface area contributed by atoms with Gasteiger partial charge in [0.2, 0.25) is 0 Å². The number of rotatable bonds is 1. The lowest BCUT2D eigenvalue weighted by atomic mass is 10.2. The van der Waals surface area contributed by atoms with Gasteiger partial charge in [0.15, 0.2) is 0 Å². The second kappa shape index (κ2) is 6.97. The standard InChI is InChI=1S/C16H20Cl2N2O3/c1-16(2,3)23-15(22)20-9-7-19(8-10-20)14(21)11-5-4-6-12(17)13(11)18/h4-6H,7-10H2,1-3H3. The number of benzene rings is 1. The molecule has 0 saturated carbocycles. The molecule has 1 aromatic rings. The summed E-state index contributed by atoms with van der Waals surface area (Å²) in [6.45, 7) is 7.20. The maximum atomic E-state index is 12.5. The van der Waals surface area contributed by atoms with E-state index in [0.717, 1.165) is 0 Å². The molecular formula is C16H20Cl2N2O3. The van der Waals surface area contributed by atoms with E-state index in [2.05, 4.69) is 0 Å². The van der Waals surface area contributed by atoms with Crippen molar-refractivity contribution in [2.75, 3.05) is 26.2 Å². The fourth-order valence-corrected chi connectivity index (χ4v) is 2.64. The number of carbonyl (C=O) groups excluding carboxylic acids is 2. The molecule has 7 heteroatoms. The highest BCUT2D eigenvalue weighted by Gasteiger charge is 2.28.